The zero-order chi connectivity index (χ0) is 20.3. The van der Waals surface area contributed by atoms with E-state index in [1.165, 1.54) is 4.90 Å². The summed E-state index contributed by atoms with van der Waals surface area (Å²) in [5.74, 6) is 0.970. The first-order valence-corrected chi connectivity index (χ1v) is 11.1. The van der Waals surface area contributed by atoms with Crippen molar-refractivity contribution in [2.24, 2.45) is 0 Å². The highest BCUT2D eigenvalue weighted by molar-refractivity contribution is 14.1. The predicted molar refractivity (Wildman–Crippen MR) is 123 cm³/mol. The minimum Gasteiger partial charge on any atom is -0.492 e. The van der Waals surface area contributed by atoms with Gasteiger partial charge in [-0.05, 0) is 82.7 Å². The second-order valence-corrected chi connectivity index (χ2v) is 8.94. The molecule has 1 saturated heterocycles. The van der Waals surface area contributed by atoms with E-state index in [0.717, 1.165) is 30.9 Å². The Balaban J connectivity index is 1.87. The summed E-state index contributed by atoms with van der Waals surface area (Å²) in [5.41, 5.74) is 1.66. The molecule has 0 bridgehead atoms. The van der Waals surface area contributed by atoms with Crippen LogP contribution in [0.1, 0.15) is 18.1 Å². The van der Waals surface area contributed by atoms with Crippen LogP contribution in [0.5, 0.6) is 11.5 Å². The number of amides is 2. The van der Waals surface area contributed by atoms with E-state index in [-0.39, 0.29) is 17.7 Å². The van der Waals surface area contributed by atoms with Crippen LogP contribution in [0.15, 0.2) is 45.8 Å². The fourth-order valence-electron chi connectivity index (χ4n) is 2.74. The monoisotopic (exact) mass is 573 g/mol. The maximum absolute atomic E-state index is 12.8. The number of hydrogen-bond acceptors (Lipinski definition) is 5. The lowest BCUT2D eigenvalue weighted by atomic mass is 10.1. The first kappa shape index (κ1) is 21.2. The van der Waals surface area contributed by atoms with Gasteiger partial charge in [-0.1, -0.05) is 28.1 Å². The lowest BCUT2D eigenvalue weighted by Crippen LogP contribution is -2.27. The van der Waals surface area contributed by atoms with Gasteiger partial charge in [-0.15, -0.1) is 0 Å². The van der Waals surface area contributed by atoms with Crippen LogP contribution < -0.4 is 9.47 Å². The average molecular weight is 574 g/mol. The van der Waals surface area contributed by atoms with Gasteiger partial charge in [0.05, 0.1) is 28.7 Å². The molecule has 0 N–H and O–H groups in total. The molecule has 28 heavy (non-hydrogen) atoms. The summed E-state index contributed by atoms with van der Waals surface area (Å²) in [4.78, 5) is 26.8. The predicted octanol–water partition coefficient (Wildman–Crippen LogP) is 5.70. The highest BCUT2D eigenvalue weighted by Crippen LogP contribution is 2.37. The number of rotatable bonds is 6. The molecular formula is C20H17BrINO4S. The van der Waals surface area contributed by atoms with Gasteiger partial charge in [0.15, 0.2) is 11.5 Å². The third-order valence-corrected chi connectivity index (χ3v) is 6.14. The molecule has 5 nitrogen and oxygen atoms in total. The van der Waals surface area contributed by atoms with Crippen molar-refractivity contribution in [1.29, 1.82) is 0 Å². The van der Waals surface area contributed by atoms with Crippen molar-refractivity contribution in [3.05, 3.63) is 60.5 Å². The number of ether oxygens (including phenoxy) is 2. The average Bonchev–Trinajstić information content (AvgIpc) is 2.89. The normalized spacial score (nSPS) is 15.4. The largest absolute Gasteiger partial charge is 0.492 e. The molecule has 8 heteroatoms. The molecule has 3 rings (SSSR count). The molecule has 1 fully saturated rings. The van der Waals surface area contributed by atoms with E-state index in [0.29, 0.717) is 23.0 Å². The highest BCUT2D eigenvalue weighted by Gasteiger charge is 2.35. The Morgan fingerprint density at radius 3 is 2.71 bits per heavy atom. The summed E-state index contributed by atoms with van der Waals surface area (Å²) in [5, 5.41) is -0.274. The lowest BCUT2D eigenvalue weighted by Gasteiger charge is -2.13. The van der Waals surface area contributed by atoms with Crippen LogP contribution in [0.25, 0.3) is 6.08 Å². The molecule has 2 aromatic rings. The van der Waals surface area contributed by atoms with Crippen LogP contribution in [0.4, 0.5) is 4.79 Å². The fraction of sp³-hybridized carbons (Fsp3) is 0.200. The molecule has 0 spiro atoms. The zero-order valence-corrected chi connectivity index (χ0v) is 19.8. The molecule has 1 aliphatic heterocycles. The van der Waals surface area contributed by atoms with E-state index in [9.17, 15) is 9.59 Å². The van der Waals surface area contributed by atoms with Crippen molar-refractivity contribution in [3.63, 3.8) is 0 Å². The second-order valence-electron chi connectivity index (χ2n) is 5.86. The van der Waals surface area contributed by atoms with Gasteiger partial charge in [0.25, 0.3) is 11.1 Å². The Morgan fingerprint density at radius 1 is 1.25 bits per heavy atom. The number of carbonyl (C=O) groups excluding carboxylic acids is 2. The van der Waals surface area contributed by atoms with Gasteiger partial charge in [-0.25, -0.2) is 0 Å². The third-order valence-electron chi connectivity index (χ3n) is 3.94. The minimum absolute atomic E-state index is 0.242. The van der Waals surface area contributed by atoms with Crippen LogP contribution in [0.3, 0.4) is 0 Å². The van der Waals surface area contributed by atoms with E-state index in [4.69, 9.17) is 9.47 Å². The van der Waals surface area contributed by atoms with E-state index < -0.39 is 0 Å². The van der Waals surface area contributed by atoms with Gasteiger partial charge >= 0.3 is 0 Å². The molecule has 146 valence electrons. The maximum Gasteiger partial charge on any atom is 0.293 e. The van der Waals surface area contributed by atoms with Crippen LogP contribution in [0, 0.1) is 3.57 Å². The lowest BCUT2D eigenvalue weighted by molar-refractivity contribution is -0.123. The standard InChI is InChI=1S/C20H17BrINO4S/c1-3-27-16-9-13(8-15(22)18(16)26-2)10-17-19(24)23(20(25)28-17)11-12-5-4-6-14(21)7-12/h4-10H,3,11H2,1-2H3/b17-10+. The first-order valence-electron chi connectivity index (χ1n) is 8.43. The van der Waals surface area contributed by atoms with Crippen LogP contribution in [-0.4, -0.2) is 29.8 Å². The van der Waals surface area contributed by atoms with E-state index in [2.05, 4.69) is 38.5 Å². The topological polar surface area (TPSA) is 55.8 Å². The number of carbonyl (C=O) groups is 2. The van der Waals surface area contributed by atoms with Crippen LogP contribution in [-0.2, 0) is 11.3 Å². The molecule has 0 aromatic heterocycles. The summed E-state index contributed by atoms with van der Waals surface area (Å²) < 4.78 is 12.8. The molecule has 2 aromatic carbocycles. The molecule has 0 aliphatic carbocycles. The summed E-state index contributed by atoms with van der Waals surface area (Å²) in [6.07, 6.45) is 1.72. The van der Waals surface area contributed by atoms with Crippen molar-refractivity contribution in [1.82, 2.24) is 4.90 Å². The summed E-state index contributed by atoms with van der Waals surface area (Å²) in [6, 6.07) is 11.3. The number of imide groups is 1. The minimum atomic E-state index is -0.293. The van der Waals surface area contributed by atoms with Crippen molar-refractivity contribution in [2.45, 2.75) is 13.5 Å². The number of hydrogen-bond donors (Lipinski definition) is 0. The van der Waals surface area contributed by atoms with E-state index >= 15 is 0 Å². The van der Waals surface area contributed by atoms with Crippen molar-refractivity contribution in [2.75, 3.05) is 13.7 Å². The first-order chi connectivity index (χ1) is 13.4. The van der Waals surface area contributed by atoms with E-state index in [1.54, 1.807) is 13.2 Å². The Morgan fingerprint density at radius 2 is 2.04 bits per heavy atom. The highest BCUT2D eigenvalue weighted by atomic mass is 127. The number of nitrogens with zero attached hydrogens (tertiary/aromatic N) is 1. The third kappa shape index (κ3) is 4.72. The van der Waals surface area contributed by atoms with Gasteiger partial charge in [-0.3, -0.25) is 14.5 Å². The zero-order valence-electron chi connectivity index (χ0n) is 15.2. The van der Waals surface area contributed by atoms with Gasteiger partial charge in [0.2, 0.25) is 0 Å². The Kier molecular flexibility index (Phi) is 7.05. The SMILES string of the molecule is CCOc1cc(/C=C2/SC(=O)N(Cc3cccc(Br)c3)C2=O)cc(I)c1OC. The molecule has 1 heterocycles. The van der Waals surface area contributed by atoms with Gasteiger partial charge in [0, 0.05) is 4.47 Å². The fourth-order valence-corrected chi connectivity index (χ4v) is 4.87. The van der Waals surface area contributed by atoms with E-state index in [1.807, 2.05) is 43.3 Å². The molecule has 2 amide bonds. The Hall–Kier alpha value is -1.52. The molecule has 0 unspecified atom stereocenters. The van der Waals surface area contributed by atoms with Crippen molar-refractivity contribution < 1.29 is 19.1 Å². The van der Waals surface area contributed by atoms with Crippen LogP contribution in [0.2, 0.25) is 0 Å². The van der Waals surface area contributed by atoms with Crippen LogP contribution >= 0.6 is 50.3 Å². The summed E-state index contributed by atoms with van der Waals surface area (Å²) in [6.45, 7) is 2.64. The molecule has 1 aliphatic rings. The van der Waals surface area contributed by atoms with Gasteiger partial charge < -0.3 is 9.47 Å². The van der Waals surface area contributed by atoms with Gasteiger partial charge in [-0.2, -0.15) is 0 Å². The second kappa shape index (κ2) is 9.32. The molecule has 0 radical (unpaired) electrons. The Labute approximate surface area is 189 Å². The Bertz CT molecular complexity index is 963. The van der Waals surface area contributed by atoms with Crippen molar-refractivity contribution in [3.8, 4) is 11.5 Å². The quantitative estimate of drug-likeness (QED) is 0.328. The van der Waals surface area contributed by atoms with Crippen molar-refractivity contribution >= 4 is 67.5 Å². The molecule has 0 atom stereocenters. The smallest absolute Gasteiger partial charge is 0.293 e. The molecule has 0 saturated carbocycles. The number of thioether (sulfide) groups is 1. The number of halogens is 2. The summed E-state index contributed by atoms with van der Waals surface area (Å²) >= 11 is 6.52. The number of benzene rings is 2. The number of methoxy groups -OCH3 is 1. The van der Waals surface area contributed by atoms with Gasteiger partial charge in [0.1, 0.15) is 0 Å². The maximum atomic E-state index is 12.8. The molecular weight excluding hydrogens is 557 g/mol. The summed E-state index contributed by atoms with van der Waals surface area (Å²) in [7, 11) is 1.59.